The van der Waals surface area contributed by atoms with Crippen LogP contribution in [0.4, 0.5) is 13.2 Å². The van der Waals surface area contributed by atoms with Gasteiger partial charge in [-0.1, -0.05) is 12.1 Å². The molecule has 0 amide bonds. The van der Waals surface area contributed by atoms with Gasteiger partial charge < -0.3 is 4.79 Å². The third-order valence-electron chi connectivity index (χ3n) is 3.72. The van der Waals surface area contributed by atoms with Crippen molar-refractivity contribution in [2.45, 2.75) is 57.5 Å². The zero-order valence-electron chi connectivity index (χ0n) is 13.1. The first-order valence-electron chi connectivity index (χ1n) is 7.08. The van der Waals surface area contributed by atoms with Gasteiger partial charge in [-0.05, 0) is 45.4 Å². The van der Waals surface area contributed by atoms with E-state index in [1.165, 1.54) is 12.1 Å². The van der Waals surface area contributed by atoms with Gasteiger partial charge in [-0.15, -0.1) is 0 Å². The van der Waals surface area contributed by atoms with Gasteiger partial charge in [0.1, 0.15) is 5.60 Å². The predicted molar refractivity (Wildman–Crippen MR) is 75.9 cm³/mol. The second-order valence-corrected chi connectivity index (χ2v) is 6.86. The summed E-state index contributed by atoms with van der Waals surface area (Å²) in [5, 5.41) is 1.70. The summed E-state index contributed by atoms with van der Waals surface area (Å²) >= 11 is 0. The van der Waals surface area contributed by atoms with Crippen LogP contribution in [0.5, 0.6) is 0 Å². The molecule has 0 N–H and O–H groups in total. The second kappa shape index (κ2) is 5.35. The van der Waals surface area contributed by atoms with Gasteiger partial charge in [0.05, 0.1) is 11.6 Å². The molecule has 0 unspecified atom stereocenters. The molecule has 22 heavy (non-hydrogen) atoms. The summed E-state index contributed by atoms with van der Waals surface area (Å²) in [6.45, 7) is 7.48. The standard InChI is InChI=1S/C16H20F3NO2/c1-14(2,3)20-13(9-15(4,10-21)22-20)11-5-7-12(8-6-11)16(17,18)19/h5-8,10,13H,9H2,1-4H3/t13-,15-/m0/s1. The van der Waals surface area contributed by atoms with Crippen LogP contribution in [0, 0.1) is 0 Å². The highest BCUT2D eigenvalue weighted by atomic mass is 19.4. The zero-order chi connectivity index (χ0) is 16.8. The van der Waals surface area contributed by atoms with E-state index in [-0.39, 0.29) is 11.6 Å². The Hall–Kier alpha value is -1.40. The predicted octanol–water partition coefficient (Wildman–Crippen LogP) is 4.14. The van der Waals surface area contributed by atoms with E-state index in [1.807, 2.05) is 20.8 Å². The quantitative estimate of drug-likeness (QED) is 0.768. The average Bonchev–Trinajstić information content (AvgIpc) is 2.77. The number of nitrogens with zero attached hydrogens (tertiary/aromatic N) is 1. The van der Waals surface area contributed by atoms with Gasteiger partial charge in [-0.25, -0.2) is 0 Å². The molecular weight excluding hydrogens is 295 g/mol. The lowest BCUT2D eigenvalue weighted by molar-refractivity contribution is -0.234. The fourth-order valence-corrected chi connectivity index (χ4v) is 2.61. The monoisotopic (exact) mass is 315 g/mol. The summed E-state index contributed by atoms with van der Waals surface area (Å²) in [7, 11) is 0. The number of carbonyl (C=O) groups is 1. The average molecular weight is 315 g/mol. The van der Waals surface area contributed by atoms with E-state index < -0.39 is 17.3 Å². The van der Waals surface area contributed by atoms with Crippen molar-refractivity contribution >= 4 is 6.29 Å². The number of hydrogen-bond acceptors (Lipinski definition) is 3. The van der Waals surface area contributed by atoms with Gasteiger partial charge in [0.2, 0.25) is 0 Å². The molecule has 1 fully saturated rings. The van der Waals surface area contributed by atoms with E-state index in [0.717, 1.165) is 18.4 Å². The Bertz CT molecular complexity index is 548. The molecule has 1 aromatic rings. The minimum absolute atomic E-state index is 0.266. The smallest absolute Gasteiger partial charge is 0.300 e. The molecule has 122 valence electrons. The van der Waals surface area contributed by atoms with Crippen LogP contribution in [0.1, 0.15) is 51.3 Å². The normalized spacial score (nSPS) is 27.1. The Balaban J connectivity index is 2.34. The summed E-state index contributed by atoms with van der Waals surface area (Å²) in [4.78, 5) is 17.0. The van der Waals surface area contributed by atoms with E-state index in [2.05, 4.69) is 0 Å². The summed E-state index contributed by atoms with van der Waals surface area (Å²) in [5.41, 5.74) is -1.32. The van der Waals surface area contributed by atoms with Gasteiger partial charge in [-0.3, -0.25) is 4.84 Å². The molecule has 2 atom stereocenters. The molecule has 0 aromatic heterocycles. The SMILES string of the molecule is CC(C)(C)N1O[C@](C)(C=O)C[C@H]1c1ccc(C(F)(F)F)cc1. The Morgan fingerprint density at radius 1 is 1.23 bits per heavy atom. The van der Waals surface area contributed by atoms with Gasteiger partial charge in [0, 0.05) is 12.0 Å². The summed E-state index contributed by atoms with van der Waals surface area (Å²) in [6, 6.07) is 4.76. The first-order valence-corrected chi connectivity index (χ1v) is 7.08. The molecule has 1 aliphatic heterocycles. The van der Waals surface area contributed by atoms with E-state index in [1.54, 1.807) is 12.0 Å². The molecule has 1 aliphatic rings. The van der Waals surface area contributed by atoms with Crippen molar-refractivity contribution in [3.8, 4) is 0 Å². The molecule has 0 radical (unpaired) electrons. The molecule has 2 rings (SSSR count). The molecule has 6 heteroatoms. The van der Waals surface area contributed by atoms with E-state index in [0.29, 0.717) is 12.0 Å². The molecule has 1 aromatic carbocycles. The fourth-order valence-electron chi connectivity index (χ4n) is 2.61. The van der Waals surface area contributed by atoms with Gasteiger partial charge in [0.15, 0.2) is 6.29 Å². The third kappa shape index (κ3) is 3.33. The third-order valence-corrected chi connectivity index (χ3v) is 3.72. The van der Waals surface area contributed by atoms with E-state index in [4.69, 9.17) is 4.84 Å². The largest absolute Gasteiger partial charge is 0.416 e. The molecule has 0 bridgehead atoms. The summed E-state index contributed by atoms with van der Waals surface area (Å²) < 4.78 is 38.0. The number of hydrogen-bond donors (Lipinski definition) is 0. The van der Waals surface area contributed by atoms with Crippen molar-refractivity contribution in [2.75, 3.05) is 0 Å². The summed E-state index contributed by atoms with van der Waals surface area (Å²) in [5.74, 6) is 0. The van der Waals surface area contributed by atoms with Gasteiger partial charge in [-0.2, -0.15) is 18.2 Å². The minimum Gasteiger partial charge on any atom is -0.300 e. The lowest BCUT2D eigenvalue weighted by atomic mass is 9.92. The van der Waals surface area contributed by atoms with Crippen LogP contribution < -0.4 is 0 Å². The first-order chi connectivity index (χ1) is 9.96. The van der Waals surface area contributed by atoms with Crippen LogP contribution in [0.25, 0.3) is 0 Å². The number of rotatable bonds is 2. The maximum Gasteiger partial charge on any atom is 0.416 e. The first kappa shape index (κ1) is 17.0. The van der Waals surface area contributed by atoms with Crippen LogP contribution in [-0.4, -0.2) is 22.5 Å². The summed E-state index contributed by atoms with van der Waals surface area (Å²) in [6.07, 6.45) is -3.21. The molecule has 3 nitrogen and oxygen atoms in total. The van der Waals surface area contributed by atoms with Crippen LogP contribution in [0.15, 0.2) is 24.3 Å². The topological polar surface area (TPSA) is 29.5 Å². The highest BCUT2D eigenvalue weighted by Gasteiger charge is 2.47. The molecule has 0 aliphatic carbocycles. The van der Waals surface area contributed by atoms with Crippen molar-refractivity contribution < 1.29 is 22.8 Å². The Kier molecular flexibility index (Phi) is 4.13. The lowest BCUT2D eigenvalue weighted by Crippen LogP contribution is -2.41. The molecule has 1 saturated heterocycles. The number of halogens is 3. The lowest BCUT2D eigenvalue weighted by Gasteiger charge is -2.35. The van der Waals surface area contributed by atoms with Crippen LogP contribution >= 0.6 is 0 Å². The van der Waals surface area contributed by atoms with Crippen molar-refractivity contribution in [3.63, 3.8) is 0 Å². The number of hydroxylamine groups is 2. The fraction of sp³-hybridized carbons (Fsp3) is 0.562. The number of benzene rings is 1. The van der Waals surface area contributed by atoms with Gasteiger partial charge >= 0.3 is 6.18 Å². The van der Waals surface area contributed by atoms with Crippen molar-refractivity contribution in [1.29, 1.82) is 0 Å². The zero-order valence-corrected chi connectivity index (χ0v) is 13.1. The van der Waals surface area contributed by atoms with Crippen LogP contribution in [0.2, 0.25) is 0 Å². The molecule has 1 heterocycles. The molecular formula is C16H20F3NO2. The Morgan fingerprint density at radius 2 is 1.77 bits per heavy atom. The van der Waals surface area contributed by atoms with Crippen LogP contribution in [-0.2, 0) is 15.8 Å². The van der Waals surface area contributed by atoms with Gasteiger partial charge in [0.25, 0.3) is 0 Å². The van der Waals surface area contributed by atoms with E-state index >= 15 is 0 Å². The molecule has 0 saturated carbocycles. The second-order valence-electron chi connectivity index (χ2n) is 6.86. The van der Waals surface area contributed by atoms with Crippen molar-refractivity contribution in [1.82, 2.24) is 5.06 Å². The maximum atomic E-state index is 12.7. The Morgan fingerprint density at radius 3 is 2.18 bits per heavy atom. The Labute approximate surface area is 128 Å². The number of aldehydes is 1. The molecule has 0 spiro atoms. The number of alkyl halides is 3. The van der Waals surface area contributed by atoms with E-state index in [9.17, 15) is 18.0 Å². The van der Waals surface area contributed by atoms with Crippen LogP contribution in [0.3, 0.4) is 0 Å². The van der Waals surface area contributed by atoms with Crippen molar-refractivity contribution in [2.24, 2.45) is 0 Å². The minimum atomic E-state index is -4.36. The maximum absolute atomic E-state index is 12.7. The number of carbonyl (C=O) groups excluding carboxylic acids is 1. The highest BCUT2D eigenvalue weighted by molar-refractivity contribution is 5.62. The van der Waals surface area contributed by atoms with Crippen molar-refractivity contribution in [3.05, 3.63) is 35.4 Å². The highest BCUT2D eigenvalue weighted by Crippen LogP contribution is 2.43.